The number of rotatable bonds is 4. The van der Waals surface area contributed by atoms with E-state index >= 15 is 0 Å². The van der Waals surface area contributed by atoms with Crippen LogP contribution in [0.1, 0.15) is 15.9 Å². The van der Waals surface area contributed by atoms with Crippen LogP contribution in [0.4, 0.5) is 0 Å². The van der Waals surface area contributed by atoms with Gasteiger partial charge < -0.3 is 10.2 Å². The van der Waals surface area contributed by atoms with E-state index in [4.69, 9.17) is 11.6 Å². The number of aryl methyl sites for hydroxylation is 1. The molecule has 0 fully saturated rings. The molecule has 1 aromatic rings. The van der Waals surface area contributed by atoms with Gasteiger partial charge in [-0.3, -0.25) is 4.79 Å². The van der Waals surface area contributed by atoms with Crippen LogP contribution < -0.4 is 5.32 Å². The van der Waals surface area contributed by atoms with Crippen molar-refractivity contribution in [2.45, 2.75) is 6.92 Å². The van der Waals surface area contributed by atoms with Crippen molar-refractivity contribution in [1.82, 2.24) is 10.2 Å². The summed E-state index contributed by atoms with van der Waals surface area (Å²) in [4.78, 5) is 13.7. The fourth-order valence-corrected chi connectivity index (χ4v) is 1.61. The maximum Gasteiger partial charge on any atom is 0.255 e. The molecule has 0 radical (unpaired) electrons. The summed E-state index contributed by atoms with van der Waals surface area (Å²) >= 11 is 6.10. The van der Waals surface area contributed by atoms with Crippen LogP contribution in [0.5, 0.6) is 0 Å². The van der Waals surface area contributed by atoms with E-state index in [-0.39, 0.29) is 18.3 Å². The zero-order chi connectivity index (χ0) is 12.1. The lowest BCUT2D eigenvalue weighted by Gasteiger charge is -2.18. The van der Waals surface area contributed by atoms with Crippen LogP contribution in [0.3, 0.4) is 0 Å². The monoisotopic (exact) mass is 276 g/mol. The smallest absolute Gasteiger partial charge is 0.255 e. The van der Waals surface area contributed by atoms with E-state index in [1.807, 2.05) is 26.1 Å². The molecule has 1 aromatic carbocycles. The first-order chi connectivity index (χ1) is 7.57. The molecule has 0 atom stereocenters. The Bertz CT molecular complexity index is 383. The third kappa shape index (κ3) is 4.19. The van der Waals surface area contributed by atoms with Gasteiger partial charge in [0, 0.05) is 20.1 Å². The van der Waals surface area contributed by atoms with Gasteiger partial charge in [-0.25, -0.2) is 0 Å². The lowest BCUT2D eigenvalue weighted by atomic mass is 10.1. The summed E-state index contributed by atoms with van der Waals surface area (Å²) in [7, 11) is 3.64. The minimum atomic E-state index is -0.0380. The lowest BCUT2D eigenvalue weighted by molar-refractivity contribution is 0.0797. The molecular weight excluding hydrogens is 259 g/mol. The number of carbonyl (C=O) groups is 1. The minimum Gasteiger partial charge on any atom is -0.340 e. The second-order valence-electron chi connectivity index (χ2n) is 3.77. The Balaban J connectivity index is 0.00000256. The van der Waals surface area contributed by atoms with E-state index in [0.717, 1.165) is 12.1 Å². The average Bonchev–Trinajstić information content (AvgIpc) is 2.28. The van der Waals surface area contributed by atoms with Crippen LogP contribution in [0.2, 0.25) is 5.02 Å². The summed E-state index contributed by atoms with van der Waals surface area (Å²) in [5.74, 6) is -0.0380. The van der Waals surface area contributed by atoms with Crippen molar-refractivity contribution < 1.29 is 4.79 Å². The summed E-state index contributed by atoms with van der Waals surface area (Å²) < 4.78 is 0. The molecular formula is C12H18Cl2N2O. The molecule has 5 heteroatoms. The van der Waals surface area contributed by atoms with Gasteiger partial charge in [0.25, 0.3) is 5.91 Å². The Kier molecular flexibility index (Phi) is 7.19. The Hall–Kier alpha value is -0.770. The maximum atomic E-state index is 12.0. The zero-order valence-electron chi connectivity index (χ0n) is 10.3. The van der Waals surface area contributed by atoms with E-state index in [9.17, 15) is 4.79 Å². The first-order valence-electron chi connectivity index (χ1n) is 5.23. The van der Waals surface area contributed by atoms with Gasteiger partial charge in [0.2, 0.25) is 0 Å². The van der Waals surface area contributed by atoms with Crippen molar-refractivity contribution in [2.75, 3.05) is 27.2 Å². The summed E-state index contributed by atoms with van der Waals surface area (Å²) in [6, 6.07) is 5.50. The van der Waals surface area contributed by atoms with Crippen LogP contribution in [0.15, 0.2) is 18.2 Å². The number of hydrogen-bond donors (Lipinski definition) is 1. The molecule has 0 unspecified atom stereocenters. The highest BCUT2D eigenvalue weighted by Gasteiger charge is 2.15. The van der Waals surface area contributed by atoms with Crippen molar-refractivity contribution in [2.24, 2.45) is 0 Å². The molecule has 1 N–H and O–H groups in total. The molecule has 0 aromatic heterocycles. The second-order valence-corrected chi connectivity index (χ2v) is 4.14. The minimum absolute atomic E-state index is 0. The number of nitrogens with one attached hydrogen (secondary N) is 1. The van der Waals surface area contributed by atoms with Crippen molar-refractivity contribution in [1.29, 1.82) is 0 Å². The Labute approximate surface area is 114 Å². The zero-order valence-corrected chi connectivity index (χ0v) is 11.9. The summed E-state index contributed by atoms with van der Waals surface area (Å²) in [5.41, 5.74) is 1.50. The fourth-order valence-electron chi connectivity index (χ4n) is 1.40. The van der Waals surface area contributed by atoms with Gasteiger partial charge >= 0.3 is 0 Å². The third-order valence-electron chi connectivity index (χ3n) is 2.47. The number of amides is 1. The summed E-state index contributed by atoms with van der Waals surface area (Å²) in [6.07, 6.45) is 0. The van der Waals surface area contributed by atoms with Gasteiger partial charge in [-0.15, -0.1) is 12.4 Å². The predicted molar refractivity (Wildman–Crippen MR) is 74.3 cm³/mol. The molecule has 0 saturated heterocycles. The molecule has 96 valence electrons. The van der Waals surface area contributed by atoms with E-state index in [2.05, 4.69) is 5.32 Å². The van der Waals surface area contributed by atoms with Gasteiger partial charge in [0.05, 0.1) is 10.6 Å². The maximum absolute atomic E-state index is 12.0. The average molecular weight is 277 g/mol. The summed E-state index contributed by atoms with van der Waals surface area (Å²) in [6.45, 7) is 3.33. The van der Waals surface area contributed by atoms with Crippen molar-refractivity contribution in [3.63, 3.8) is 0 Å². The first-order valence-corrected chi connectivity index (χ1v) is 5.61. The highest BCUT2D eigenvalue weighted by Crippen LogP contribution is 2.21. The van der Waals surface area contributed by atoms with Gasteiger partial charge in [0.1, 0.15) is 0 Å². The number of carbonyl (C=O) groups excluding carboxylic acids is 1. The quantitative estimate of drug-likeness (QED) is 0.916. The molecule has 0 aliphatic heterocycles. The van der Waals surface area contributed by atoms with Crippen molar-refractivity contribution in [3.05, 3.63) is 34.3 Å². The number of benzene rings is 1. The van der Waals surface area contributed by atoms with E-state index in [0.29, 0.717) is 17.1 Å². The Morgan fingerprint density at radius 2 is 2.12 bits per heavy atom. The number of nitrogens with zero attached hydrogens (tertiary/aromatic N) is 1. The standard InChI is InChI=1S/C12H17ClN2O.ClH/c1-9-5-4-6-10(11(9)13)12(16)15(3)8-7-14-2;/h4-6,14H,7-8H2,1-3H3;1H. The van der Waals surface area contributed by atoms with Crippen molar-refractivity contribution in [3.8, 4) is 0 Å². The third-order valence-corrected chi connectivity index (χ3v) is 2.97. The van der Waals surface area contributed by atoms with Crippen molar-refractivity contribution >= 4 is 29.9 Å². The largest absolute Gasteiger partial charge is 0.340 e. The normalized spacial score (nSPS) is 9.65. The molecule has 1 amide bonds. The van der Waals surface area contributed by atoms with Gasteiger partial charge in [-0.1, -0.05) is 23.7 Å². The fraction of sp³-hybridized carbons (Fsp3) is 0.417. The molecule has 1 rings (SSSR count). The molecule has 17 heavy (non-hydrogen) atoms. The Morgan fingerprint density at radius 3 is 2.71 bits per heavy atom. The first kappa shape index (κ1) is 16.2. The van der Waals surface area contributed by atoms with Gasteiger partial charge in [-0.05, 0) is 25.6 Å². The van der Waals surface area contributed by atoms with Crippen LogP contribution in [-0.2, 0) is 0 Å². The molecule has 3 nitrogen and oxygen atoms in total. The highest BCUT2D eigenvalue weighted by molar-refractivity contribution is 6.34. The van der Waals surface area contributed by atoms with Crippen LogP contribution in [-0.4, -0.2) is 38.0 Å². The van der Waals surface area contributed by atoms with Crippen LogP contribution in [0.25, 0.3) is 0 Å². The summed E-state index contributed by atoms with van der Waals surface area (Å²) in [5, 5.41) is 3.55. The topological polar surface area (TPSA) is 32.3 Å². The lowest BCUT2D eigenvalue weighted by Crippen LogP contribution is -2.33. The Morgan fingerprint density at radius 1 is 1.47 bits per heavy atom. The van der Waals surface area contributed by atoms with Gasteiger partial charge in [-0.2, -0.15) is 0 Å². The van der Waals surface area contributed by atoms with E-state index in [1.54, 1.807) is 18.0 Å². The molecule has 0 heterocycles. The number of hydrogen-bond acceptors (Lipinski definition) is 2. The number of likely N-dealkylation sites (N-methyl/N-ethyl adjacent to an activating group) is 2. The van der Waals surface area contributed by atoms with E-state index < -0.39 is 0 Å². The second kappa shape index (κ2) is 7.54. The predicted octanol–water partition coefficient (Wildman–Crippen LogP) is 2.36. The molecule has 0 bridgehead atoms. The molecule has 0 spiro atoms. The highest BCUT2D eigenvalue weighted by atomic mass is 35.5. The SMILES string of the molecule is CNCCN(C)C(=O)c1cccc(C)c1Cl.Cl. The van der Waals surface area contributed by atoms with Gasteiger partial charge in [0.15, 0.2) is 0 Å². The molecule has 0 aliphatic carbocycles. The molecule has 0 aliphatic rings. The molecule has 0 saturated carbocycles. The van der Waals surface area contributed by atoms with E-state index in [1.165, 1.54) is 0 Å². The van der Waals surface area contributed by atoms with Crippen LogP contribution in [0, 0.1) is 6.92 Å². The number of halogens is 2. The van der Waals surface area contributed by atoms with Crippen LogP contribution >= 0.6 is 24.0 Å².